The Kier molecular flexibility index (Phi) is 9.99. The number of nitrogens with one attached hydrogen (secondary N) is 1. The van der Waals surface area contributed by atoms with Crippen LogP contribution in [-0.4, -0.2) is 36.2 Å². The number of halogens is 3. The van der Waals surface area contributed by atoms with Gasteiger partial charge in [0.05, 0.1) is 0 Å². The summed E-state index contributed by atoms with van der Waals surface area (Å²) in [4.78, 5) is 2.50. The van der Waals surface area contributed by atoms with E-state index in [-0.39, 0.29) is 24.8 Å². The molecule has 1 atom stereocenters. The Balaban J connectivity index is 0.00000220. The largest absolute Gasteiger partial charge is 0.507 e. The lowest BCUT2D eigenvalue weighted by molar-refractivity contribution is 0.151. The van der Waals surface area contributed by atoms with Gasteiger partial charge in [-0.05, 0) is 37.0 Å². The number of aromatic hydroxyl groups is 1. The number of nitrogens with zero attached hydrogens (tertiary/aromatic N) is 1. The first kappa shape index (κ1) is 22.0. The van der Waals surface area contributed by atoms with Gasteiger partial charge < -0.3 is 10.4 Å². The second kappa shape index (κ2) is 9.99. The van der Waals surface area contributed by atoms with Crippen molar-refractivity contribution in [2.75, 3.05) is 26.2 Å². The third-order valence-electron chi connectivity index (χ3n) is 3.94. The lowest BCUT2D eigenvalue weighted by Gasteiger charge is -2.36. The maximum atomic E-state index is 10.5. The first-order valence-corrected chi connectivity index (χ1v) is 8.22. The number of hydrogen-bond donors (Lipinski definition) is 2. The highest BCUT2D eigenvalue weighted by atomic mass is 79.9. The highest BCUT2D eigenvalue weighted by Crippen LogP contribution is 2.37. The summed E-state index contributed by atoms with van der Waals surface area (Å²) in [7, 11) is 0. The van der Waals surface area contributed by atoms with E-state index in [0.29, 0.717) is 17.7 Å². The third kappa shape index (κ3) is 5.57. The zero-order valence-electron chi connectivity index (χ0n) is 13.4. The molecule has 2 rings (SSSR count). The normalized spacial score (nSPS) is 16.8. The highest BCUT2D eigenvalue weighted by molar-refractivity contribution is 9.10. The summed E-state index contributed by atoms with van der Waals surface area (Å²) in [6.45, 7) is 10.6. The number of aryl methyl sites for hydroxylation is 1. The first-order valence-electron chi connectivity index (χ1n) is 7.42. The molecule has 1 aliphatic heterocycles. The molecular weight excluding hydrogens is 387 g/mol. The van der Waals surface area contributed by atoms with Gasteiger partial charge >= 0.3 is 0 Å². The summed E-state index contributed by atoms with van der Waals surface area (Å²) >= 11 is 3.56. The number of rotatable bonds is 4. The van der Waals surface area contributed by atoms with Crippen LogP contribution in [0.25, 0.3) is 0 Å². The molecule has 1 saturated heterocycles. The summed E-state index contributed by atoms with van der Waals surface area (Å²) < 4.78 is 1.05. The van der Waals surface area contributed by atoms with Crippen LogP contribution in [0.2, 0.25) is 0 Å². The van der Waals surface area contributed by atoms with Gasteiger partial charge in [0.15, 0.2) is 0 Å². The average Bonchev–Trinajstić information content (AvgIpc) is 2.41. The Hall–Kier alpha value is -0.000000000000000111. The summed E-state index contributed by atoms with van der Waals surface area (Å²) in [6.07, 6.45) is 1.07. The third-order valence-corrected chi connectivity index (χ3v) is 4.40. The SMILES string of the molecule is Cc1cc(Br)cc([C@H](CC(C)C)N2CCNCC2)c1O.Cl.Cl. The van der Waals surface area contributed by atoms with Crippen LogP contribution in [0.5, 0.6) is 5.75 Å². The zero-order chi connectivity index (χ0) is 14.7. The van der Waals surface area contributed by atoms with Crippen LogP contribution < -0.4 is 5.32 Å². The molecule has 0 saturated carbocycles. The molecule has 0 amide bonds. The lowest BCUT2D eigenvalue weighted by atomic mass is 9.93. The van der Waals surface area contributed by atoms with Crippen molar-refractivity contribution in [3.63, 3.8) is 0 Å². The second-order valence-electron chi connectivity index (χ2n) is 6.09. The molecule has 1 aromatic rings. The fourth-order valence-electron chi connectivity index (χ4n) is 2.93. The predicted molar refractivity (Wildman–Crippen MR) is 102 cm³/mol. The van der Waals surface area contributed by atoms with Crippen LogP contribution in [0, 0.1) is 12.8 Å². The molecule has 1 heterocycles. The van der Waals surface area contributed by atoms with Gasteiger partial charge in [0.25, 0.3) is 0 Å². The Morgan fingerprint density at radius 2 is 1.82 bits per heavy atom. The minimum absolute atomic E-state index is 0. The Labute approximate surface area is 154 Å². The topological polar surface area (TPSA) is 35.5 Å². The maximum absolute atomic E-state index is 10.5. The molecule has 0 aliphatic carbocycles. The molecule has 3 nitrogen and oxygen atoms in total. The molecule has 6 heteroatoms. The molecule has 0 radical (unpaired) electrons. The van der Waals surface area contributed by atoms with Crippen molar-refractivity contribution in [1.29, 1.82) is 0 Å². The van der Waals surface area contributed by atoms with E-state index in [1.54, 1.807) is 0 Å². The molecule has 0 spiro atoms. The molecule has 22 heavy (non-hydrogen) atoms. The minimum atomic E-state index is 0. The molecule has 128 valence electrons. The van der Waals surface area contributed by atoms with E-state index in [0.717, 1.165) is 48.2 Å². The average molecular weight is 414 g/mol. The Bertz CT molecular complexity index is 466. The Morgan fingerprint density at radius 3 is 2.36 bits per heavy atom. The molecule has 1 aromatic carbocycles. The van der Waals surface area contributed by atoms with E-state index in [4.69, 9.17) is 0 Å². The van der Waals surface area contributed by atoms with Crippen molar-refractivity contribution in [3.05, 3.63) is 27.7 Å². The lowest BCUT2D eigenvalue weighted by Crippen LogP contribution is -2.45. The van der Waals surface area contributed by atoms with Crippen molar-refractivity contribution in [2.24, 2.45) is 5.92 Å². The van der Waals surface area contributed by atoms with E-state index >= 15 is 0 Å². The van der Waals surface area contributed by atoms with Crippen LogP contribution >= 0.6 is 40.7 Å². The second-order valence-corrected chi connectivity index (χ2v) is 7.01. The van der Waals surface area contributed by atoms with E-state index < -0.39 is 0 Å². The summed E-state index contributed by atoms with van der Waals surface area (Å²) in [5, 5.41) is 13.9. The van der Waals surface area contributed by atoms with E-state index in [9.17, 15) is 5.11 Å². The fourth-order valence-corrected chi connectivity index (χ4v) is 3.52. The highest BCUT2D eigenvalue weighted by Gasteiger charge is 2.26. The maximum Gasteiger partial charge on any atom is 0.123 e. The summed E-state index contributed by atoms with van der Waals surface area (Å²) in [6, 6.07) is 4.36. The number of piperazine rings is 1. The number of phenols is 1. The predicted octanol–water partition coefficient (Wildman–Crippen LogP) is 4.30. The molecule has 2 N–H and O–H groups in total. The standard InChI is InChI=1S/C16H25BrN2O.2ClH/c1-11(2)8-15(19-6-4-18-5-7-19)14-10-13(17)9-12(3)16(14)20;;/h9-11,15,18,20H,4-8H2,1-3H3;2*1H/t15-;;/m0../s1. The van der Waals surface area contributed by atoms with Gasteiger partial charge in [-0.15, -0.1) is 24.8 Å². The van der Waals surface area contributed by atoms with Crippen LogP contribution in [0.3, 0.4) is 0 Å². The van der Waals surface area contributed by atoms with Crippen molar-refractivity contribution >= 4 is 40.7 Å². The number of phenolic OH excluding ortho intramolecular Hbond substituents is 1. The summed E-state index contributed by atoms with van der Waals surface area (Å²) in [5.41, 5.74) is 2.01. The van der Waals surface area contributed by atoms with Crippen LogP contribution in [0.4, 0.5) is 0 Å². The van der Waals surface area contributed by atoms with E-state index in [2.05, 4.69) is 46.1 Å². The first-order chi connectivity index (χ1) is 9.49. The van der Waals surface area contributed by atoms with Crippen molar-refractivity contribution < 1.29 is 5.11 Å². The summed E-state index contributed by atoms with van der Waals surface area (Å²) in [5.74, 6) is 1.06. The molecule has 0 unspecified atom stereocenters. The van der Waals surface area contributed by atoms with Crippen molar-refractivity contribution in [3.8, 4) is 5.75 Å². The van der Waals surface area contributed by atoms with Gasteiger partial charge in [0.1, 0.15) is 5.75 Å². The molecular formula is C16H27BrCl2N2O. The van der Waals surface area contributed by atoms with Crippen LogP contribution in [0.1, 0.15) is 37.4 Å². The van der Waals surface area contributed by atoms with Gasteiger partial charge in [-0.25, -0.2) is 0 Å². The van der Waals surface area contributed by atoms with Gasteiger partial charge in [0, 0.05) is 42.3 Å². The Morgan fingerprint density at radius 1 is 1.23 bits per heavy atom. The smallest absolute Gasteiger partial charge is 0.123 e. The quantitative estimate of drug-likeness (QED) is 0.772. The van der Waals surface area contributed by atoms with Crippen molar-refractivity contribution in [1.82, 2.24) is 10.2 Å². The van der Waals surface area contributed by atoms with Gasteiger partial charge in [-0.2, -0.15) is 0 Å². The van der Waals surface area contributed by atoms with Crippen LogP contribution in [-0.2, 0) is 0 Å². The molecule has 0 bridgehead atoms. The van der Waals surface area contributed by atoms with Gasteiger partial charge in [-0.3, -0.25) is 4.90 Å². The molecule has 1 aliphatic rings. The zero-order valence-corrected chi connectivity index (χ0v) is 16.7. The van der Waals surface area contributed by atoms with Crippen molar-refractivity contribution in [2.45, 2.75) is 33.2 Å². The van der Waals surface area contributed by atoms with E-state index in [1.807, 2.05) is 13.0 Å². The van der Waals surface area contributed by atoms with Gasteiger partial charge in [-0.1, -0.05) is 29.8 Å². The fraction of sp³-hybridized carbons (Fsp3) is 0.625. The molecule has 0 aromatic heterocycles. The molecule has 1 fully saturated rings. The minimum Gasteiger partial charge on any atom is -0.507 e. The number of benzene rings is 1. The van der Waals surface area contributed by atoms with E-state index in [1.165, 1.54) is 0 Å². The van der Waals surface area contributed by atoms with Gasteiger partial charge in [0.2, 0.25) is 0 Å². The van der Waals surface area contributed by atoms with Crippen LogP contribution in [0.15, 0.2) is 16.6 Å². The monoisotopic (exact) mass is 412 g/mol. The number of hydrogen-bond acceptors (Lipinski definition) is 3.